The first-order valence-electron chi connectivity index (χ1n) is 7.30. The number of aromatic nitrogens is 1. The van der Waals surface area contributed by atoms with E-state index in [2.05, 4.69) is 34.7 Å². The lowest BCUT2D eigenvalue weighted by molar-refractivity contribution is -0.132. The lowest BCUT2D eigenvalue weighted by Crippen LogP contribution is -2.43. The summed E-state index contributed by atoms with van der Waals surface area (Å²) in [6.45, 7) is 4.98. The van der Waals surface area contributed by atoms with Gasteiger partial charge < -0.3 is 13.9 Å². The van der Waals surface area contributed by atoms with Gasteiger partial charge in [0.2, 0.25) is 5.91 Å². The summed E-state index contributed by atoms with van der Waals surface area (Å²) in [4.78, 5) is 16.3. The minimum Gasteiger partial charge on any atom is -0.467 e. The van der Waals surface area contributed by atoms with Crippen molar-refractivity contribution in [1.82, 2.24) is 14.4 Å². The number of carbonyl (C=O) groups excluding carboxylic acids is 1. The van der Waals surface area contributed by atoms with Crippen LogP contribution < -0.4 is 0 Å². The third-order valence-corrected chi connectivity index (χ3v) is 4.21. The van der Waals surface area contributed by atoms with Gasteiger partial charge in [-0.2, -0.15) is 0 Å². The summed E-state index contributed by atoms with van der Waals surface area (Å²) in [5, 5.41) is 0. The molecule has 3 heterocycles. The van der Waals surface area contributed by atoms with Gasteiger partial charge in [-0.25, -0.2) is 0 Å². The van der Waals surface area contributed by atoms with Crippen molar-refractivity contribution < 1.29 is 9.21 Å². The normalized spacial score (nSPS) is 18.5. The van der Waals surface area contributed by atoms with Crippen molar-refractivity contribution in [1.29, 1.82) is 0 Å². The second kappa shape index (κ2) is 5.77. The molecule has 112 valence electrons. The van der Waals surface area contributed by atoms with Crippen LogP contribution in [0.3, 0.4) is 0 Å². The van der Waals surface area contributed by atoms with Gasteiger partial charge in [0.15, 0.2) is 0 Å². The van der Waals surface area contributed by atoms with Crippen LogP contribution in [-0.4, -0.2) is 40.4 Å². The van der Waals surface area contributed by atoms with Crippen LogP contribution in [0.5, 0.6) is 0 Å². The third-order valence-electron chi connectivity index (χ3n) is 4.21. The molecule has 5 nitrogen and oxygen atoms in total. The van der Waals surface area contributed by atoms with Gasteiger partial charge in [-0.3, -0.25) is 9.69 Å². The highest BCUT2D eigenvalue weighted by molar-refractivity contribution is 5.78. The van der Waals surface area contributed by atoms with E-state index in [1.807, 2.05) is 19.2 Å². The maximum atomic E-state index is 12.4. The fraction of sp³-hybridized carbons (Fsp3) is 0.438. The number of nitrogens with zero attached hydrogens (tertiary/aromatic N) is 3. The van der Waals surface area contributed by atoms with Crippen LogP contribution in [0.1, 0.15) is 24.4 Å². The summed E-state index contributed by atoms with van der Waals surface area (Å²) >= 11 is 0. The SMILES string of the molecule is CC1c2cccn2CCN1CC(=O)N(C)Cc1ccco1. The standard InChI is InChI=1S/C16H21N3O2/c1-13-15-6-3-7-18(15)8-9-19(13)12-16(20)17(2)11-14-5-4-10-21-14/h3-7,10,13H,8-9,11-12H2,1-2H3. The van der Waals surface area contributed by atoms with Crippen LogP contribution in [0.25, 0.3) is 0 Å². The van der Waals surface area contributed by atoms with E-state index in [1.54, 1.807) is 11.2 Å². The van der Waals surface area contributed by atoms with Gasteiger partial charge in [-0.05, 0) is 31.2 Å². The number of hydrogen-bond donors (Lipinski definition) is 0. The van der Waals surface area contributed by atoms with Gasteiger partial charge in [0.05, 0.1) is 19.4 Å². The van der Waals surface area contributed by atoms with Crippen molar-refractivity contribution in [3.63, 3.8) is 0 Å². The predicted octanol–water partition coefficient (Wildman–Crippen LogP) is 2.12. The van der Waals surface area contributed by atoms with Crippen molar-refractivity contribution in [3.05, 3.63) is 48.2 Å². The van der Waals surface area contributed by atoms with E-state index in [0.29, 0.717) is 13.1 Å². The Morgan fingerprint density at radius 2 is 2.24 bits per heavy atom. The van der Waals surface area contributed by atoms with Crippen LogP contribution in [0.2, 0.25) is 0 Å². The Balaban J connectivity index is 1.60. The number of furan rings is 1. The van der Waals surface area contributed by atoms with Crippen molar-refractivity contribution in [2.75, 3.05) is 20.1 Å². The summed E-state index contributed by atoms with van der Waals surface area (Å²) in [5.74, 6) is 0.935. The quantitative estimate of drug-likeness (QED) is 0.865. The molecule has 0 bridgehead atoms. The van der Waals surface area contributed by atoms with Gasteiger partial charge in [0, 0.05) is 38.1 Å². The molecule has 0 spiro atoms. The monoisotopic (exact) mass is 287 g/mol. The highest BCUT2D eigenvalue weighted by Gasteiger charge is 2.26. The molecule has 2 aromatic rings. The van der Waals surface area contributed by atoms with Gasteiger partial charge in [0.25, 0.3) is 0 Å². The fourth-order valence-electron chi connectivity index (χ4n) is 2.86. The van der Waals surface area contributed by atoms with E-state index in [9.17, 15) is 4.79 Å². The Hall–Kier alpha value is -2.01. The first-order valence-corrected chi connectivity index (χ1v) is 7.30. The van der Waals surface area contributed by atoms with E-state index in [-0.39, 0.29) is 11.9 Å². The molecular weight excluding hydrogens is 266 g/mol. The molecule has 0 saturated carbocycles. The molecule has 0 fully saturated rings. The number of likely N-dealkylation sites (N-methyl/N-ethyl adjacent to an activating group) is 1. The average Bonchev–Trinajstić information content (AvgIpc) is 3.12. The van der Waals surface area contributed by atoms with E-state index < -0.39 is 0 Å². The van der Waals surface area contributed by atoms with Gasteiger partial charge in [-0.1, -0.05) is 0 Å². The molecule has 0 aromatic carbocycles. The van der Waals surface area contributed by atoms with Crippen LogP contribution in [0.4, 0.5) is 0 Å². The smallest absolute Gasteiger partial charge is 0.236 e. The van der Waals surface area contributed by atoms with Crippen molar-refractivity contribution in [2.24, 2.45) is 0 Å². The van der Waals surface area contributed by atoms with Crippen molar-refractivity contribution in [2.45, 2.75) is 26.1 Å². The zero-order valence-corrected chi connectivity index (χ0v) is 12.5. The van der Waals surface area contributed by atoms with Gasteiger partial charge in [-0.15, -0.1) is 0 Å². The predicted molar refractivity (Wildman–Crippen MR) is 79.6 cm³/mol. The summed E-state index contributed by atoms with van der Waals surface area (Å²) in [6, 6.07) is 8.21. The molecule has 1 unspecified atom stereocenters. The molecule has 0 N–H and O–H groups in total. The molecule has 0 radical (unpaired) electrons. The third kappa shape index (κ3) is 2.88. The van der Waals surface area contributed by atoms with Crippen LogP contribution in [0.15, 0.2) is 41.1 Å². The Kier molecular flexibility index (Phi) is 3.84. The van der Waals surface area contributed by atoms with Crippen molar-refractivity contribution in [3.8, 4) is 0 Å². The number of hydrogen-bond acceptors (Lipinski definition) is 3. The second-order valence-corrected chi connectivity index (χ2v) is 5.60. The summed E-state index contributed by atoms with van der Waals surface area (Å²) < 4.78 is 7.55. The molecule has 3 rings (SSSR count). The minimum atomic E-state index is 0.123. The summed E-state index contributed by atoms with van der Waals surface area (Å²) in [7, 11) is 1.82. The molecular formula is C16H21N3O2. The lowest BCUT2D eigenvalue weighted by atomic mass is 10.1. The topological polar surface area (TPSA) is 41.6 Å². The molecule has 21 heavy (non-hydrogen) atoms. The summed E-state index contributed by atoms with van der Waals surface area (Å²) in [5.41, 5.74) is 1.28. The second-order valence-electron chi connectivity index (χ2n) is 5.60. The van der Waals surface area contributed by atoms with Gasteiger partial charge in [0.1, 0.15) is 5.76 Å². The lowest BCUT2D eigenvalue weighted by Gasteiger charge is -2.35. The van der Waals surface area contributed by atoms with E-state index in [1.165, 1.54) is 5.69 Å². The fourth-order valence-corrected chi connectivity index (χ4v) is 2.86. The van der Waals surface area contributed by atoms with E-state index >= 15 is 0 Å². The largest absolute Gasteiger partial charge is 0.467 e. The van der Waals surface area contributed by atoms with E-state index in [0.717, 1.165) is 18.8 Å². The first kappa shape index (κ1) is 13.9. The average molecular weight is 287 g/mol. The highest BCUT2D eigenvalue weighted by atomic mass is 16.3. The number of fused-ring (bicyclic) bond motifs is 1. The first-order chi connectivity index (χ1) is 10.1. The van der Waals surface area contributed by atoms with Crippen molar-refractivity contribution >= 4 is 5.91 Å². The molecule has 0 saturated heterocycles. The number of amides is 1. The molecule has 1 amide bonds. The highest BCUT2D eigenvalue weighted by Crippen LogP contribution is 2.24. The zero-order valence-electron chi connectivity index (χ0n) is 12.5. The Morgan fingerprint density at radius 3 is 3.00 bits per heavy atom. The number of carbonyl (C=O) groups is 1. The Morgan fingerprint density at radius 1 is 1.38 bits per heavy atom. The summed E-state index contributed by atoms with van der Waals surface area (Å²) in [6.07, 6.45) is 3.74. The van der Waals surface area contributed by atoms with Gasteiger partial charge >= 0.3 is 0 Å². The molecule has 1 atom stereocenters. The molecule has 5 heteroatoms. The maximum Gasteiger partial charge on any atom is 0.236 e. The van der Waals surface area contributed by atoms with Crippen LogP contribution >= 0.6 is 0 Å². The van der Waals surface area contributed by atoms with E-state index in [4.69, 9.17) is 4.42 Å². The molecule has 1 aliphatic heterocycles. The number of rotatable bonds is 4. The Bertz CT molecular complexity index is 603. The Labute approximate surface area is 124 Å². The molecule has 0 aliphatic carbocycles. The van der Waals surface area contributed by atoms with Crippen LogP contribution in [-0.2, 0) is 17.9 Å². The molecule has 2 aromatic heterocycles. The maximum absolute atomic E-state index is 12.4. The minimum absolute atomic E-state index is 0.123. The zero-order chi connectivity index (χ0) is 14.8. The van der Waals surface area contributed by atoms with Crippen LogP contribution in [0, 0.1) is 0 Å². The molecule has 1 aliphatic rings.